The number of esters is 1. The summed E-state index contributed by atoms with van der Waals surface area (Å²) >= 11 is 0. The topological polar surface area (TPSA) is 190 Å². The first kappa shape index (κ1) is 31.4. The highest BCUT2D eigenvalue weighted by Gasteiger charge is 2.33. The number of carbonyl (C=O) groups is 3. The Balaban J connectivity index is 1.56. The molecule has 0 aliphatic heterocycles. The standard InChI is InChI=1S/C35H28N4O9/c1-18-28(31(40)38(36-18)24-11-5-8-21(16-24)33(42)43)30(27-14-13-26(48-27)20-7-4-10-23(15-20)35(46)47-3)29-19(2)37-39(32(29)41)25-12-6-9-22(17-25)34(44)45/h4-17,30,36-37H,1-3H3,(H,42,43)(H,44,45). The second kappa shape index (κ2) is 12.3. The van der Waals surface area contributed by atoms with Gasteiger partial charge in [-0.2, -0.15) is 0 Å². The van der Waals surface area contributed by atoms with Crippen LogP contribution in [0.3, 0.4) is 0 Å². The fourth-order valence-corrected chi connectivity index (χ4v) is 5.73. The van der Waals surface area contributed by atoms with Crippen molar-refractivity contribution >= 4 is 17.9 Å². The number of aryl methyl sites for hydroxylation is 2. The van der Waals surface area contributed by atoms with E-state index in [1.54, 1.807) is 62.4 Å². The van der Waals surface area contributed by atoms with Crippen LogP contribution < -0.4 is 11.1 Å². The van der Waals surface area contributed by atoms with Gasteiger partial charge in [0, 0.05) is 17.0 Å². The van der Waals surface area contributed by atoms with Crippen molar-refractivity contribution in [3.8, 4) is 22.7 Å². The molecule has 4 N–H and O–H groups in total. The largest absolute Gasteiger partial charge is 0.478 e. The number of carboxylic acids is 2. The van der Waals surface area contributed by atoms with Gasteiger partial charge in [-0.3, -0.25) is 19.8 Å². The van der Waals surface area contributed by atoms with Gasteiger partial charge in [0.1, 0.15) is 11.5 Å². The number of rotatable bonds is 9. The molecule has 0 amide bonds. The predicted molar refractivity (Wildman–Crippen MR) is 173 cm³/mol. The Morgan fingerprint density at radius 2 is 1.21 bits per heavy atom. The highest BCUT2D eigenvalue weighted by Crippen LogP contribution is 2.36. The van der Waals surface area contributed by atoms with Crippen molar-refractivity contribution in [3.05, 3.63) is 151 Å². The summed E-state index contributed by atoms with van der Waals surface area (Å²) in [6.07, 6.45) is 0. The molecule has 0 atom stereocenters. The molecule has 0 aliphatic carbocycles. The number of nitrogens with one attached hydrogen (secondary N) is 2. The lowest BCUT2D eigenvalue weighted by atomic mass is 9.89. The second-order valence-electron chi connectivity index (χ2n) is 11.0. The van der Waals surface area contributed by atoms with Gasteiger partial charge in [0.15, 0.2) is 0 Å². The number of aromatic nitrogens is 4. The molecule has 0 saturated heterocycles. The van der Waals surface area contributed by atoms with Crippen LogP contribution in [0, 0.1) is 13.8 Å². The first-order valence-corrected chi connectivity index (χ1v) is 14.6. The molecule has 48 heavy (non-hydrogen) atoms. The molecule has 0 radical (unpaired) electrons. The van der Waals surface area contributed by atoms with E-state index in [1.165, 1.54) is 52.9 Å². The number of ether oxygens (including phenoxy) is 1. The molecule has 0 spiro atoms. The zero-order valence-electron chi connectivity index (χ0n) is 25.8. The first-order valence-electron chi connectivity index (χ1n) is 14.6. The third-order valence-corrected chi connectivity index (χ3v) is 7.99. The van der Waals surface area contributed by atoms with Crippen LogP contribution >= 0.6 is 0 Å². The van der Waals surface area contributed by atoms with Crippen molar-refractivity contribution in [2.24, 2.45) is 0 Å². The monoisotopic (exact) mass is 648 g/mol. The summed E-state index contributed by atoms with van der Waals surface area (Å²) in [5.41, 5.74) is 1.31. The molecule has 3 heterocycles. The summed E-state index contributed by atoms with van der Waals surface area (Å²) in [4.78, 5) is 63.9. The van der Waals surface area contributed by atoms with E-state index >= 15 is 0 Å². The first-order chi connectivity index (χ1) is 23.0. The Morgan fingerprint density at radius 1 is 0.708 bits per heavy atom. The minimum atomic E-state index is -1.17. The molecule has 242 valence electrons. The molecule has 3 aromatic heterocycles. The Hall–Kier alpha value is -6.63. The van der Waals surface area contributed by atoms with Crippen LogP contribution in [0.25, 0.3) is 22.7 Å². The lowest BCUT2D eigenvalue weighted by molar-refractivity contribution is 0.0599. The number of carbonyl (C=O) groups excluding carboxylic acids is 1. The Labute approximate surface area is 271 Å². The minimum Gasteiger partial charge on any atom is -0.478 e. The van der Waals surface area contributed by atoms with E-state index < -0.39 is 34.9 Å². The maximum Gasteiger partial charge on any atom is 0.337 e. The molecule has 0 aliphatic rings. The molecule has 13 heteroatoms. The molecule has 3 aromatic carbocycles. The van der Waals surface area contributed by atoms with Crippen molar-refractivity contribution in [3.63, 3.8) is 0 Å². The highest BCUT2D eigenvalue weighted by molar-refractivity contribution is 5.91. The van der Waals surface area contributed by atoms with Crippen molar-refractivity contribution in [1.29, 1.82) is 0 Å². The van der Waals surface area contributed by atoms with E-state index in [4.69, 9.17) is 9.15 Å². The second-order valence-corrected chi connectivity index (χ2v) is 11.0. The minimum absolute atomic E-state index is 0.0254. The fraction of sp³-hybridized carbons (Fsp3) is 0.114. The van der Waals surface area contributed by atoms with E-state index in [9.17, 15) is 34.2 Å². The maximum absolute atomic E-state index is 14.2. The zero-order valence-corrected chi connectivity index (χ0v) is 25.8. The van der Waals surface area contributed by atoms with Crippen LogP contribution in [0.2, 0.25) is 0 Å². The number of H-pyrrole nitrogens is 2. The van der Waals surface area contributed by atoms with Crippen molar-refractivity contribution < 1.29 is 33.8 Å². The molecule has 0 bridgehead atoms. The average molecular weight is 649 g/mol. The molecule has 0 unspecified atom stereocenters. The SMILES string of the molecule is COC(=O)c1cccc(-c2ccc(C(c3c(C)[nH]n(-c4cccc(C(=O)O)c4)c3=O)c3c(C)[nH]n(-c4cccc(C(=O)O)c4)c3=O)o2)c1. The number of furan rings is 1. The predicted octanol–water partition coefficient (Wildman–Crippen LogP) is 4.88. The van der Waals surface area contributed by atoms with Crippen molar-refractivity contribution in [2.45, 2.75) is 19.8 Å². The van der Waals surface area contributed by atoms with Gasteiger partial charge in [0.2, 0.25) is 0 Å². The number of nitrogens with zero attached hydrogens (tertiary/aromatic N) is 2. The highest BCUT2D eigenvalue weighted by atomic mass is 16.5. The van der Waals surface area contributed by atoms with Gasteiger partial charge in [0.05, 0.1) is 52.2 Å². The molecule has 6 aromatic rings. The lowest BCUT2D eigenvalue weighted by Crippen LogP contribution is -2.25. The molecule has 13 nitrogen and oxygen atoms in total. The summed E-state index contributed by atoms with van der Waals surface area (Å²) in [5, 5.41) is 25.1. The summed E-state index contributed by atoms with van der Waals surface area (Å²) < 4.78 is 13.6. The number of hydrogen-bond donors (Lipinski definition) is 4. The average Bonchev–Trinajstić information content (AvgIpc) is 3.77. The van der Waals surface area contributed by atoms with E-state index in [0.29, 0.717) is 28.3 Å². The van der Waals surface area contributed by atoms with E-state index in [0.717, 1.165) is 0 Å². The molecular weight excluding hydrogens is 620 g/mol. The van der Waals surface area contributed by atoms with E-state index in [1.807, 2.05) is 0 Å². The summed E-state index contributed by atoms with van der Waals surface area (Å²) in [5.74, 6) is -3.37. The summed E-state index contributed by atoms with van der Waals surface area (Å²) in [6.45, 7) is 3.31. The van der Waals surface area contributed by atoms with Crippen molar-refractivity contribution in [2.75, 3.05) is 7.11 Å². The smallest absolute Gasteiger partial charge is 0.337 e. The fourth-order valence-electron chi connectivity index (χ4n) is 5.73. The molecule has 0 fully saturated rings. The van der Waals surface area contributed by atoms with Crippen molar-refractivity contribution in [1.82, 2.24) is 19.6 Å². The zero-order chi connectivity index (χ0) is 34.3. The summed E-state index contributed by atoms with van der Waals surface area (Å²) in [6, 6.07) is 21.6. The van der Waals surface area contributed by atoms with Crippen LogP contribution in [0.5, 0.6) is 0 Å². The third-order valence-electron chi connectivity index (χ3n) is 7.99. The van der Waals surface area contributed by atoms with Crippen LogP contribution in [0.15, 0.2) is 98.9 Å². The van der Waals surface area contributed by atoms with Gasteiger partial charge in [-0.1, -0.05) is 24.3 Å². The van der Waals surface area contributed by atoms with Gasteiger partial charge in [-0.05, 0) is 74.5 Å². The molecule has 6 rings (SSSR count). The Kier molecular flexibility index (Phi) is 8.03. The van der Waals surface area contributed by atoms with E-state index in [-0.39, 0.29) is 39.4 Å². The quantitative estimate of drug-likeness (QED) is 0.158. The van der Waals surface area contributed by atoms with E-state index in [2.05, 4.69) is 10.2 Å². The van der Waals surface area contributed by atoms with Gasteiger partial charge >= 0.3 is 17.9 Å². The van der Waals surface area contributed by atoms with Gasteiger partial charge in [-0.15, -0.1) is 0 Å². The number of aromatic carboxylic acids is 2. The number of methoxy groups -OCH3 is 1. The van der Waals surface area contributed by atoms with Crippen LogP contribution in [-0.2, 0) is 4.74 Å². The number of aromatic amines is 2. The Bertz CT molecular complexity index is 2240. The normalized spacial score (nSPS) is 11.2. The van der Waals surface area contributed by atoms with Crippen LogP contribution in [0.4, 0.5) is 0 Å². The maximum atomic E-state index is 14.2. The summed E-state index contributed by atoms with van der Waals surface area (Å²) in [7, 11) is 1.28. The van der Waals surface area contributed by atoms with Crippen LogP contribution in [-0.4, -0.2) is 54.8 Å². The third kappa shape index (κ3) is 5.53. The van der Waals surface area contributed by atoms with Crippen LogP contribution in [0.1, 0.15) is 65.3 Å². The lowest BCUT2D eigenvalue weighted by Gasteiger charge is -2.13. The van der Waals surface area contributed by atoms with Gasteiger partial charge < -0.3 is 19.4 Å². The number of hydrogen-bond acceptors (Lipinski definition) is 7. The Morgan fingerprint density at radius 3 is 1.71 bits per heavy atom. The molecule has 0 saturated carbocycles. The number of carboxylic acid groups (broad SMARTS) is 2. The number of benzene rings is 3. The van der Waals surface area contributed by atoms with Gasteiger partial charge in [-0.25, -0.2) is 23.7 Å². The van der Waals surface area contributed by atoms with Gasteiger partial charge in [0.25, 0.3) is 11.1 Å². The molecular formula is C35H28N4O9.